The SMILES string of the molecule is CCNC(=O)NC(=O)C(C)Oc1ccc(C)cc1CO. The largest absolute Gasteiger partial charge is 0.481 e. The molecule has 1 aromatic rings. The van der Waals surface area contributed by atoms with Crippen molar-refractivity contribution in [2.45, 2.75) is 33.5 Å². The number of amides is 3. The maximum atomic E-state index is 11.7. The first-order chi connectivity index (χ1) is 9.47. The van der Waals surface area contributed by atoms with Crippen LogP contribution < -0.4 is 15.4 Å². The highest BCUT2D eigenvalue weighted by atomic mass is 16.5. The maximum absolute atomic E-state index is 11.7. The van der Waals surface area contributed by atoms with Gasteiger partial charge in [0.25, 0.3) is 5.91 Å². The Morgan fingerprint density at radius 3 is 2.70 bits per heavy atom. The third-order valence-electron chi connectivity index (χ3n) is 2.63. The molecule has 0 aliphatic heterocycles. The third-order valence-corrected chi connectivity index (χ3v) is 2.63. The van der Waals surface area contributed by atoms with E-state index in [0.29, 0.717) is 17.9 Å². The second kappa shape index (κ2) is 7.49. The molecule has 0 saturated carbocycles. The summed E-state index contributed by atoms with van der Waals surface area (Å²) in [6.45, 7) is 5.44. The molecule has 110 valence electrons. The molecule has 3 amide bonds. The van der Waals surface area contributed by atoms with Crippen LogP contribution in [0.1, 0.15) is 25.0 Å². The Kier molecular flexibility index (Phi) is 5.99. The van der Waals surface area contributed by atoms with Gasteiger partial charge in [0.05, 0.1) is 6.61 Å². The lowest BCUT2D eigenvalue weighted by atomic mass is 10.1. The zero-order chi connectivity index (χ0) is 15.1. The van der Waals surface area contributed by atoms with E-state index in [-0.39, 0.29) is 6.61 Å². The predicted octanol–water partition coefficient (Wildman–Crippen LogP) is 1.10. The predicted molar refractivity (Wildman–Crippen MR) is 74.4 cm³/mol. The van der Waals surface area contributed by atoms with Gasteiger partial charge in [-0.2, -0.15) is 0 Å². The molecule has 0 bridgehead atoms. The number of imide groups is 1. The molecule has 0 radical (unpaired) electrons. The lowest BCUT2D eigenvalue weighted by Crippen LogP contribution is -2.45. The van der Waals surface area contributed by atoms with E-state index in [0.717, 1.165) is 5.56 Å². The Labute approximate surface area is 118 Å². The lowest BCUT2D eigenvalue weighted by Gasteiger charge is -2.16. The number of rotatable bonds is 5. The zero-order valence-electron chi connectivity index (χ0n) is 11.9. The average Bonchev–Trinajstić information content (AvgIpc) is 2.40. The number of urea groups is 1. The molecule has 0 aromatic heterocycles. The second-order valence-corrected chi connectivity index (χ2v) is 4.38. The molecule has 20 heavy (non-hydrogen) atoms. The van der Waals surface area contributed by atoms with Gasteiger partial charge in [-0.05, 0) is 26.8 Å². The Hall–Kier alpha value is -2.08. The minimum Gasteiger partial charge on any atom is -0.481 e. The molecule has 0 fully saturated rings. The van der Waals surface area contributed by atoms with Gasteiger partial charge in [0.1, 0.15) is 5.75 Å². The van der Waals surface area contributed by atoms with Crippen LogP contribution in [0.25, 0.3) is 0 Å². The van der Waals surface area contributed by atoms with Crippen molar-refractivity contribution in [2.24, 2.45) is 0 Å². The number of hydrogen-bond donors (Lipinski definition) is 3. The van der Waals surface area contributed by atoms with Crippen molar-refractivity contribution in [2.75, 3.05) is 6.54 Å². The Bertz CT molecular complexity index is 488. The molecule has 3 N–H and O–H groups in total. The van der Waals surface area contributed by atoms with Crippen molar-refractivity contribution >= 4 is 11.9 Å². The number of carbonyl (C=O) groups is 2. The molecule has 1 atom stereocenters. The summed E-state index contributed by atoms with van der Waals surface area (Å²) in [6, 6.07) is 4.74. The number of nitrogens with one attached hydrogen (secondary N) is 2. The first-order valence-electron chi connectivity index (χ1n) is 6.43. The van der Waals surface area contributed by atoms with Crippen LogP contribution in [0.5, 0.6) is 5.75 Å². The molecular formula is C14H20N2O4. The van der Waals surface area contributed by atoms with E-state index in [2.05, 4.69) is 10.6 Å². The first kappa shape index (κ1) is 16.0. The highest BCUT2D eigenvalue weighted by Crippen LogP contribution is 2.21. The van der Waals surface area contributed by atoms with Gasteiger partial charge in [-0.15, -0.1) is 0 Å². The fourth-order valence-corrected chi connectivity index (χ4v) is 1.61. The van der Waals surface area contributed by atoms with E-state index in [1.54, 1.807) is 19.1 Å². The summed E-state index contributed by atoms with van der Waals surface area (Å²) in [5, 5.41) is 13.9. The summed E-state index contributed by atoms with van der Waals surface area (Å²) in [5.41, 5.74) is 1.59. The lowest BCUT2D eigenvalue weighted by molar-refractivity contribution is -0.126. The van der Waals surface area contributed by atoms with Crippen LogP contribution in [-0.4, -0.2) is 29.7 Å². The van der Waals surface area contributed by atoms with E-state index in [1.807, 2.05) is 13.0 Å². The first-order valence-corrected chi connectivity index (χ1v) is 6.43. The van der Waals surface area contributed by atoms with Crippen molar-refractivity contribution in [1.82, 2.24) is 10.6 Å². The molecule has 1 unspecified atom stereocenters. The Morgan fingerprint density at radius 2 is 2.10 bits per heavy atom. The van der Waals surface area contributed by atoms with Gasteiger partial charge in [0, 0.05) is 12.1 Å². The number of aliphatic hydroxyl groups excluding tert-OH is 1. The maximum Gasteiger partial charge on any atom is 0.321 e. The molecule has 0 heterocycles. The Balaban J connectivity index is 2.68. The number of aliphatic hydroxyl groups is 1. The summed E-state index contributed by atoms with van der Waals surface area (Å²) >= 11 is 0. The highest BCUT2D eigenvalue weighted by Gasteiger charge is 2.18. The molecule has 0 aliphatic carbocycles. The smallest absolute Gasteiger partial charge is 0.321 e. The Morgan fingerprint density at radius 1 is 1.40 bits per heavy atom. The average molecular weight is 280 g/mol. The van der Waals surface area contributed by atoms with Crippen molar-refractivity contribution in [3.05, 3.63) is 29.3 Å². The zero-order valence-corrected chi connectivity index (χ0v) is 11.9. The molecule has 0 aliphatic rings. The minimum absolute atomic E-state index is 0.179. The van der Waals surface area contributed by atoms with Crippen molar-refractivity contribution in [3.8, 4) is 5.75 Å². The van der Waals surface area contributed by atoms with E-state index >= 15 is 0 Å². The van der Waals surface area contributed by atoms with Crippen LogP contribution in [0.15, 0.2) is 18.2 Å². The van der Waals surface area contributed by atoms with E-state index in [4.69, 9.17) is 4.74 Å². The van der Waals surface area contributed by atoms with Crippen LogP contribution in [-0.2, 0) is 11.4 Å². The van der Waals surface area contributed by atoms with Crippen LogP contribution in [0.4, 0.5) is 4.79 Å². The monoisotopic (exact) mass is 280 g/mol. The van der Waals surface area contributed by atoms with Crippen molar-refractivity contribution in [1.29, 1.82) is 0 Å². The summed E-state index contributed by atoms with van der Waals surface area (Å²) in [5.74, 6) is -0.114. The van der Waals surface area contributed by atoms with Crippen molar-refractivity contribution in [3.63, 3.8) is 0 Å². The molecule has 1 rings (SSSR count). The normalized spacial score (nSPS) is 11.6. The topological polar surface area (TPSA) is 87.7 Å². The molecule has 1 aromatic carbocycles. The summed E-state index contributed by atoms with van der Waals surface area (Å²) in [4.78, 5) is 23.0. The molecule has 6 nitrogen and oxygen atoms in total. The van der Waals surface area contributed by atoms with Gasteiger partial charge in [-0.25, -0.2) is 4.79 Å². The fourth-order valence-electron chi connectivity index (χ4n) is 1.61. The summed E-state index contributed by atoms with van der Waals surface area (Å²) < 4.78 is 5.48. The van der Waals surface area contributed by atoms with Gasteiger partial charge < -0.3 is 15.2 Å². The van der Waals surface area contributed by atoms with Gasteiger partial charge in [-0.1, -0.05) is 17.7 Å². The van der Waals surface area contributed by atoms with Gasteiger partial charge in [-0.3, -0.25) is 10.1 Å². The second-order valence-electron chi connectivity index (χ2n) is 4.38. The van der Waals surface area contributed by atoms with Crippen molar-refractivity contribution < 1.29 is 19.4 Å². The van der Waals surface area contributed by atoms with Gasteiger partial charge in [0.15, 0.2) is 6.10 Å². The quantitative estimate of drug-likeness (QED) is 0.753. The molecule has 0 saturated heterocycles. The summed E-state index contributed by atoms with van der Waals surface area (Å²) in [7, 11) is 0. The van der Waals surface area contributed by atoms with Gasteiger partial charge in [0.2, 0.25) is 0 Å². The third kappa shape index (κ3) is 4.55. The van der Waals surface area contributed by atoms with E-state index in [1.165, 1.54) is 6.92 Å². The molecular weight excluding hydrogens is 260 g/mol. The number of carbonyl (C=O) groups excluding carboxylic acids is 2. The standard InChI is InChI=1S/C14H20N2O4/c1-4-15-14(19)16-13(18)10(3)20-12-6-5-9(2)7-11(12)8-17/h5-7,10,17H,4,8H2,1-3H3,(H2,15,16,18,19). The fraction of sp³-hybridized carbons (Fsp3) is 0.429. The van der Waals surface area contributed by atoms with Crippen LogP contribution in [0.2, 0.25) is 0 Å². The van der Waals surface area contributed by atoms with E-state index in [9.17, 15) is 14.7 Å². The number of ether oxygens (including phenoxy) is 1. The van der Waals surface area contributed by atoms with Crippen LogP contribution in [0.3, 0.4) is 0 Å². The molecule has 6 heteroatoms. The van der Waals surface area contributed by atoms with Crippen LogP contribution in [0, 0.1) is 6.92 Å². The summed E-state index contributed by atoms with van der Waals surface area (Å²) in [6.07, 6.45) is -0.842. The highest BCUT2D eigenvalue weighted by molar-refractivity contribution is 5.96. The number of benzene rings is 1. The van der Waals surface area contributed by atoms with Gasteiger partial charge >= 0.3 is 6.03 Å². The molecule has 0 spiro atoms. The number of aryl methyl sites for hydroxylation is 1. The number of hydrogen-bond acceptors (Lipinski definition) is 4. The van der Waals surface area contributed by atoms with E-state index < -0.39 is 18.0 Å². The van der Waals surface area contributed by atoms with Crippen LogP contribution >= 0.6 is 0 Å². The minimum atomic E-state index is -0.842.